The van der Waals surface area contributed by atoms with Gasteiger partial charge in [-0.2, -0.15) is 0 Å². The lowest BCUT2D eigenvalue weighted by Crippen LogP contribution is -2.13. The summed E-state index contributed by atoms with van der Waals surface area (Å²) in [7, 11) is 0. The lowest BCUT2D eigenvalue weighted by Gasteiger charge is -2.09. The first-order valence-electron chi connectivity index (χ1n) is 5.25. The van der Waals surface area contributed by atoms with Gasteiger partial charge in [0, 0.05) is 29.7 Å². The molecule has 3 nitrogen and oxygen atoms in total. The molecule has 84 valence electrons. The summed E-state index contributed by atoms with van der Waals surface area (Å²) < 4.78 is 0. The zero-order chi connectivity index (χ0) is 11.5. The standard InChI is InChI=1S/C12H15N3S/c1-8-9(2)16-12(15-8)7-11(13)10-3-5-14-6-4-10/h3-6,11H,7,13H2,1-2H3. The third kappa shape index (κ3) is 2.46. The van der Waals surface area contributed by atoms with Crippen LogP contribution in [0, 0.1) is 13.8 Å². The predicted molar refractivity (Wildman–Crippen MR) is 66.5 cm³/mol. The molecule has 16 heavy (non-hydrogen) atoms. The van der Waals surface area contributed by atoms with E-state index in [0.717, 1.165) is 22.7 Å². The van der Waals surface area contributed by atoms with E-state index in [9.17, 15) is 0 Å². The van der Waals surface area contributed by atoms with E-state index in [0.29, 0.717) is 0 Å². The second kappa shape index (κ2) is 4.72. The minimum absolute atomic E-state index is 0.00736. The van der Waals surface area contributed by atoms with Crippen LogP contribution in [0.25, 0.3) is 0 Å². The average molecular weight is 233 g/mol. The summed E-state index contributed by atoms with van der Waals surface area (Å²) >= 11 is 1.73. The minimum Gasteiger partial charge on any atom is -0.324 e. The summed E-state index contributed by atoms with van der Waals surface area (Å²) in [6.07, 6.45) is 4.34. The van der Waals surface area contributed by atoms with Crippen LogP contribution in [-0.2, 0) is 6.42 Å². The third-order valence-electron chi connectivity index (χ3n) is 2.60. The van der Waals surface area contributed by atoms with Crippen molar-refractivity contribution in [1.29, 1.82) is 0 Å². The number of pyridine rings is 1. The molecule has 0 radical (unpaired) electrons. The van der Waals surface area contributed by atoms with Gasteiger partial charge in [0.05, 0.1) is 10.7 Å². The van der Waals surface area contributed by atoms with Gasteiger partial charge in [-0.25, -0.2) is 4.98 Å². The molecule has 2 N–H and O–H groups in total. The van der Waals surface area contributed by atoms with Crippen molar-refractivity contribution in [3.8, 4) is 0 Å². The van der Waals surface area contributed by atoms with Gasteiger partial charge in [-0.1, -0.05) is 0 Å². The van der Waals surface area contributed by atoms with Crippen LogP contribution in [0.5, 0.6) is 0 Å². The molecule has 0 spiro atoms. The Morgan fingerprint density at radius 1 is 1.31 bits per heavy atom. The van der Waals surface area contributed by atoms with Crippen molar-refractivity contribution >= 4 is 11.3 Å². The van der Waals surface area contributed by atoms with Crippen LogP contribution in [0.1, 0.15) is 27.2 Å². The van der Waals surface area contributed by atoms with Crippen molar-refractivity contribution in [3.05, 3.63) is 45.7 Å². The van der Waals surface area contributed by atoms with Crippen LogP contribution < -0.4 is 5.73 Å². The fourth-order valence-corrected chi connectivity index (χ4v) is 2.54. The van der Waals surface area contributed by atoms with Crippen LogP contribution in [0.4, 0.5) is 0 Å². The molecule has 2 aromatic rings. The molecule has 2 heterocycles. The van der Waals surface area contributed by atoms with Gasteiger partial charge in [0.15, 0.2) is 0 Å². The molecule has 4 heteroatoms. The van der Waals surface area contributed by atoms with Gasteiger partial charge in [-0.05, 0) is 31.5 Å². The molecule has 0 saturated heterocycles. The lowest BCUT2D eigenvalue weighted by atomic mass is 10.1. The quantitative estimate of drug-likeness (QED) is 0.885. The van der Waals surface area contributed by atoms with Gasteiger partial charge in [0.1, 0.15) is 0 Å². The van der Waals surface area contributed by atoms with E-state index in [1.54, 1.807) is 23.7 Å². The second-order valence-corrected chi connectivity index (χ2v) is 5.13. The molecular weight excluding hydrogens is 218 g/mol. The Kier molecular flexibility index (Phi) is 3.31. The zero-order valence-electron chi connectivity index (χ0n) is 9.47. The summed E-state index contributed by atoms with van der Waals surface area (Å²) in [5.74, 6) is 0. The van der Waals surface area contributed by atoms with Crippen LogP contribution in [0.3, 0.4) is 0 Å². The Hall–Kier alpha value is -1.26. The molecule has 2 rings (SSSR count). The fourth-order valence-electron chi connectivity index (χ4n) is 1.54. The number of hydrogen-bond donors (Lipinski definition) is 1. The predicted octanol–water partition coefficient (Wildman–Crippen LogP) is 2.40. The smallest absolute Gasteiger partial charge is 0.0949 e. The fraction of sp³-hybridized carbons (Fsp3) is 0.333. The Morgan fingerprint density at radius 3 is 2.56 bits per heavy atom. The highest BCUT2D eigenvalue weighted by atomic mass is 32.1. The van der Waals surface area contributed by atoms with Crippen LogP contribution in [-0.4, -0.2) is 9.97 Å². The summed E-state index contributed by atoms with van der Waals surface area (Å²) in [4.78, 5) is 9.76. The van der Waals surface area contributed by atoms with E-state index in [2.05, 4.69) is 16.9 Å². The van der Waals surface area contributed by atoms with Gasteiger partial charge >= 0.3 is 0 Å². The summed E-state index contributed by atoms with van der Waals surface area (Å²) in [5.41, 5.74) is 8.35. The number of aryl methyl sites for hydroxylation is 2. The molecule has 0 aromatic carbocycles. The van der Waals surface area contributed by atoms with Gasteiger partial charge in [0.25, 0.3) is 0 Å². The first kappa shape index (κ1) is 11.2. The van der Waals surface area contributed by atoms with Crippen LogP contribution >= 0.6 is 11.3 Å². The highest BCUT2D eigenvalue weighted by molar-refractivity contribution is 7.11. The van der Waals surface area contributed by atoms with E-state index in [1.807, 2.05) is 19.1 Å². The van der Waals surface area contributed by atoms with Gasteiger partial charge in [-0.15, -0.1) is 11.3 Å². The van der Waals surface area contributed by atoms with Gasteiger partial charge in [0.2, 0.25) is 0 Å². The molecule has 1 atom stereocenters. The normalized spacial score (nSPS) is 12.7. The number of nitrogens with two attached hydrogens (primary N) is 1. The Morgan fingerprint density at radius 2 is 2.00 bits per heavy atom. The monoisotopic (exact) mass is 233 g/mol. The first-order chi connectivity index (χ1) is 7.66. The minimum atomic E-state index is 0.00736. The number of aromatic nitrogens is 2. The maximum atomic E-state index is 6.13. The molecule has 0 aliphatic carbocycles. The lowest BCUT2D eigenvalue weighted by molar-refractivity contribution is 0.715. The number of nitrogens with zero attached hydrogens (tertiary/aromatic N) is 2. The largest absolute Gasteiger partial charge is 0.324 e. The Bertz CT molecular complexity index is 445. The van der Waals surface area contributed by atoms with Crippen LogP contribution in [0.15, 0.2) is 24.5 Å². The molecular formula is C12H15N3S. The van der Waals surface area contributed by atoms with E-state index >= 15 is 0 Å². The second-order valence-electron chi connectivity index (χ2n) is 3.84. The SMILES string of the molecule is Cc1nc(CC(N)c2ccncc2)sc1C. The Balaban J connectivity index is 2.11. The Labute approximate surface area is 99.4 Å². The third-order valence-corrected chi connectivity index (χ3v) is 3.70. The molecule has 0 fully saturated rings. The summed E-state index contributed by atoms with van der Waals surface area (Å²) in [6.45, 7) is 4.13. The number of rotatable bonds is 3. The van der Waals surface area contributed by atoms with Crippen molar-refractivity contribution in [2.45, 2.75) is 26.3 Å². The van der Waals surface area contributed by atoms with Gasteiger partial charge < -0.3 is 5.73 Å². The van der Waals surface area contributed by atoms with Gasteiger partial charge in [-0.3, -0.25) is 4.98 Å². The molecule has 1 unspecified atom stereocenters. The summed E-state index contributed by atoms with van der Waals surface area (Å²) in [6, 6.07) is 3.92. The molecule has 0 amide bonds. The molecule has 2 aromatic heterocycles. The molecule has 0 aliphatic rings. The number of hydrogen-bond acceptors (Lipinski definition) is 4. The van der Waals surface area contributed by atoms with Crippen molar-refractivity contribution in [2.75, 3.05) is 0 Å². The topological polar surface area (TPSA) is 51.8 Å². The van der Waals surface area contributed by atoms with E-state index in [4.69, 9.17) is 5.73 Å². The van der Waals surface area contributed by atoms with E-state index in [-0.39, 0.29) is 6.04 Å². The first-order valence-corrected chi connectivity index (χ1v) is 6.07. The van der Waals surface area contributed by atoms with Crippen LogP contribution in [0.2, 0.25) is 0 Å². The molecule has 0 bridgehead atoms. The van der Waals surface area contributed by atoms with Crippen molar-refractivity contribution in [2.24, 2.45) is 5.73 Å². The average Bonchev–Trinajstić information content (AvgIpc) is 2.59. The zero-order valence-corrected chi connectivity index (χ0v) is 10.3. The molecule has 0 saturated carbocycles. The number of thiazole rings is 1. The van der Waals surface area contributed by atoms with Crippen molar-refractivity contribution < 1.29 is 0 Å². The highest BCUT2D eigenvalue weighted by Gasteiger charge is 2.10. The van der Waals surface area contributed by atoms with Crippen molar-refractivity contribution in [1.82, 2.24) is 9.97 Å². The molecule has 0 aliphatic heterocycles. The van der Waals surface area contributed by atoms with E-state index in [1.165, 1.54) is 4.88 Å². The maximum absolute atomic E-state index is 6.13. The maximum Gasteiger partial charge on any atom is 0.0949 e. The van der Waals surface area contributed by atoms with E-state index < -0.39 is 0 Å². The highest BCUT2D eigenvalue weighted by Crippen LogP contribution is 2.21. The summed E-state index contributed by atoms with van der Waals surface area (Å²) in [5, 5.41) is 1.11. The van der Waals surface area contributed by atoms with Crippen molar-refractivity contribution in [3.63, 3.8) is 0 Å².